The number of fused-ring (bicyclic) bond motifs is 1. The number of hydrogen-bond acceptors (Lipinski definition) is 7. The zero-order chi connectivity index (χ0) is 24.4. The van der Waals surface area contributed by atoms with E-state index in [1.807, 2.05) is 30.0 Å². The van der Waals surface area contributed by atoms with Crippen LogP contribution >= 0.6 is 34.8 Å². The Balaban J connectivity index is 1.47. The molecule has 0 unspecified atom stereocenters. The Labute approximate surface area is 213 Å². The van der Waals surface area contributed by atoms with E-state index in [9.17, 15) is 19.5 Å². The number of halogens is 1. The summed E-state index contributed by atoms with van der Waals surface area (Å²) < 4.78 is 2.46. The number of nitrogens with one attached hydrogen (secondary N) is 2. The van der Waals surface area contributed by atoms with Gasteiger partial charge in [-0.2, -0.15) is 9.97 Å². The van der Waals surface area contributed by atoms with Gasteiger partial charge in [0.15, 0.2) is 10.8 Å². The van der Waals surface area contributed by atoms with Crippen molar-refractivity contribution in [3.05, 3.63) is 61.6 Å². The lowest BCUT2D eigenvalue weighted by molar-refractivity contribution is -0.842. The average molecular weight is 592 g/mol. The molecular weight excluding hydrogens is 571 g/mol. The summed E-state index contributed by atoms with van der Waals surface area (Å²) in [5.74, 6) is -1.25. The van der Waals surface area contributed by atoms with E-state index in [1.54, 1.807) is 10.6 Å². The quantitative estimate of drug-likeness (QED) is 0.302. The van der Waals surface area contributed by atoms with Gasteiger partial charge in [-0.1, -0.05) is 12.1 Å². The summed E-state index contributed by atoms with van der Waals surface area (Å²) in [4.78, 5) is 48.2. The third-order valence-electron chi connectivity index (χ3n) is 5.68. The van der Waals surface area contributed by atoms with Crippen LogP contribution in [-0.4, -0.2) is 62.6 Å². The van der Waals surface area contributed by atoms with Crippen LogP contribution in [0.5, 0.6) is 0 Å². The Hall–Kier alpha value is -2.97. The smallest absolute Gasteiger partial charge is 0.329 e. The van der Waals surface area contributed by atoms with E-state index in [4.69, 9.17) is 12.2 Å². The van der Waals surface area contributed by atoms with E-state index in [0.717, 1.165) is 8.47 Å². The molecule has 1 aliphatic heterocycles. The largest absolute Gasteiger partial charge is 0.545 e. The molecule has 12 heteroatoms. The number of carboxylic acids is 1. The van der Waals surface area contributed by atoms with Gasteiger partial charge in [-0.3, -0.25) is 19.8 Å². The van der Waals surface area contributed by atoms with Gasteiger partial charge in [0.05, 0.1) is 35.6 Å². The second-order valence-corrected chi connectivity index (χ2v) is 9.25. The zero-order valence-electron chi connectivity index (χ0n) is 18.2. The summed E-state index contributed by atoms with van der Waals surface area (Å²) >= 11 is 7.57. The fourth-order valence-corrected chi connectivity index (χ4v) is 4.73. The van der Waals surface area contributed by atoms with Crippen molar-refractivity contribution in [3.63, 3.8) is 0 Å². The number of piperazine rings is 1. The molecule has 0 saturated carbocycles. The van der Waals surface area contributed by atoms with Crippen LogP contribution in [-0.2, 0) is 6.54 Å². The Morgan fingerprint density at radius 3 is 2.59 bits per heavy atom. The van der Waals surface area contributed by atoms with Gasteiger partial charge in [0, 0.05) is 22.5 Å². The fourth-order valence-electron chi connectivity index (χ4n) is 3.82. The van der Waals surface area contributed by atoms with Crippen LogP contribution in [0.3, 0.4) is 0 Å². The van der Waals surface area contributed by atoms with Crippen LogP contribution in [0.2, 0.25) is 0 Å². The first-order valence-corrected chi connectivity index (χ1v) is 12.1. The van der Waals surface area contributed by atoms with E-state index in [2.05, 4.69) is 37.9 Å². The molecule has 0 spiro atoms. The topological polar surface area (TPSA) is 125 Å². The molecule has 1 amide bonds. The van der Waals surface area contributed by atoms with Crippen molar-refractivity contribution in [2.24, 2.45) is 0 Å². The highest BCUT2D eigenvalue weighted by atomic mass is 127. The molecular formula is C22H21IN6O4S. The zero-order valence-corrected chi connectivity index (χ0v) is 21.2. The molecule has 10 nitrogen and oxygen atoms in total. The maximum atomic E-state index is 12.6. The van der Waals surface area contributed by atoms with E-state index < -0.39 is 17.0 Å². The number of aryl methyl sites for hydroxylation is 1. The van der Waals surface area contributed by atoms with Gasteiger partial charge < -0.3 is 19.4 Å². The highest BCUT2D eigenvalue weighted by molar-refractivity contribution is 14.1. The third kappa shape index (κ3) is 4.79. The molecule has 0 atom stereocenters. The number of pyridine rings is 1. The predicted molar refractivity (Wildman–Crippen MR) is 135 cm³/mol. The second kappa shape index (κ2) is 10.1. The van der Waals surface area contributed by atoms with Crippen molar-refractivity contribution >= 4 is 68.8 Å². The van der Waals surface area contributed by atoms with Crippen molar-refractivity contribution in [1.82, 2.24) is 24.8 Å². The van der Waals surface area contributed by atoms with Crippen LogP contribution in [0, 0.1) is 3.57 Å². The molecule has 2 N–H and O–H groups in total. The SMILES string of the molecule is CCn1cc(C(=O)[O-])c(=O)c2cnc([NH+]3CCN(C(=S)NC(=O)c4ccccc4I)CC3)nc21. The first-order chi connectivity index (χ1) is 16.3. The van der Waals surface area contributed by atoms with Crippen molar-refractivity contribution in [2.45, 2.75) is 13.5 Å². The molecule has 1 aliphatic rings. The minimum atomic E-state index is -1.52. The summed E-state index contributed by atoms with van der Waals surface area (Å²) in [5.41, 5.74) is -0.103. The molecule has 1 aromatic carbocycles. The number of hydrogen-bond donors (Lipinski definition) is 2. The lowest BCUT2D eigenvalue weighted by Crippen LogP contribution is -3.11. The van der Waals surface area contributed by atoms with Crippen LogP contribution in [0.15, 0.2) is 41.5 Å². The first kappa shape index (κ1) is 24.2. The van der Waals surface area contributed by atoms with Gasteiger partial charge in [-0.25, -0.2) is 0 Å². The molecule has 0 aliphatic carbocycles. The molecule has 176 valence electrons. The number of nitrogens with zero attached hydrogens (tertiary/aromatic N) is 4. The number of carbonyl (C=O) groups is 2. The van der Waals surface area contributed by atoms with E-state index in [1.165, 1.54) is 12.4 Å². The third-order valence-corrected chi connectivity index (χ3v) is 6.99. The lowest BCUT2D eigenvalue weighted by atomic mass is 10.2. The number of aromatic nitrogens is 3. The Morgan fingerprint density at radius 1 is 1.24 bits per heavy atom. The summed E-state index contributed by atoms with van der Waals surface area (Å²) in [6.45, 7) is 4.72. The number of rotatable bonds is 4. The Kier molecular flexibility index (Phi) is 7.19. The predicted octanol–water partition coefficient (Wildman–Crippen LogP) is -0.674. The van der Waals surface area contributed by atoms with Crippen LogP contribution in [0.4, 0.5) is 5.95 Å². The van der Waals surface area contributed by atoms with Gasteiger partial charge >= 0.3 is 5.95 Å². The van der Waals surface area contributed by atoms with Gasteiger partial charge in [0.2, 0.25) is 5.43 Å². The minimum Gasteiger partial charge on any atom is -0.545 e. The van der Waals surface area contributed by atoms with Crippen LogP contribution in [0.25, 0.3) is 11.0 Å². The molecule has 0 radical (unpaired) electrons. The van der Waals surface area contributed by atoms with Crippen molar-refractivity contribution in [1.29, 1.82) is 0 Å². The van der Waals surface area contributed by atoms with E-state index in [0.29, 0.717) is 55.0 Å². The van der Waals surface area contributed by atoms with Gasteiger partial charge in [0.25, 0.3) is 5.91 Å². The first-order valence-electron chi connectivity index (χ1n) is 10.6. The number of carbonyl (C=O) groups excluding carboxylic acids is 2. The molecule has 4 rings (SSSR count). The number of amides is 1. The average Bonchev–Trinajstić information content (AvgIpc) is 2.84. The minimum absolute atomic E-state index is 0.143. The number of quaternary nitrogens is 1. The van der Waals surface area contributed by atoms with Crippen molar-refractivity contribution in [2.75, 3.05) is 26.2 Å². The molecule has 3 aromatic rings. The highest BCUT2D eigenvalue weighted by Crippen LogP contribution is 2.12. The Morgan fingerprint density at radius 2 is 1.94 bits per heavy atom. The number of aromatic carboxylic acids is 1. The maximum Gasteiger partial charge on any atom is 0.329 e. The van der Waals surface area contributed by atoms with Gasteiger partial charge in [-0.05, 0) is 53.9 Å². The summed E-state index contributed by atoms with van der Waals surface area (Å²) in [7, 11) is 0. The van der Waals surface area contributed by atoms with E-state index >= 15 is 0 Å². The summed E-state index contributed by atoms with van der Waals surface area (Å²) in [5, 5.41) is 14.6. The molecule has 34 heavy (non-hydrogen) atoms. The number of benzene rings is 1. The van der Waals surface area contributed by atoms with Gasteiger partial charge in [-0.15, -0.1) is 0 Å². The molecule has 2 aromatic heterocycles. The second-order valence-electron chi connectivity index (χ2n) is 7.71. The van der Waals surface area contributed by atoms with E-state index in [-0.39, 0.29) is 11.3 Å². The number of thiocarbonyl (C=S) groups is 1. The fraction of sp³-hybridized carbons (Fsp3) is 0.273. The standard InChI is InChI=1S/C22H21IN6O4S/c1-2-27-12-15(20(32)33)17(30)14-11-24-21(25-18(14)27)28-7-9-29(10-8-28)22(34)26-19(31)13-5-3-4-6-16(13)23/h3-6,11-12H,2,7-10H2,1H3,(H,32,33)(H,26,31,34). The molecule has 1 saturated heterocycles. The van der Waals surface area contributed by atoms with Gasteiger partial charge in [0.1, 0.15) is 13.1 Å². The number of carboxylic acid groups (broad SMARTS) is 1. The molecule has 1 fully saturated rings. The van der Waals surface area contributed by atoms with Crippen molar-refractivity contribution in [3.8, 4) is 0 Å². The summed E-state index contributed by atoms with van der Waals surface area (Å²) in [6, 6.07) is 7.30. The lowest BCUT2D eigenvalue weighted by Gasteiger charge is -2.32. The van der Waals surface area contributed by atoms with Crippen molar-refractivity contribution < 1.29 is 19.6 Å². The van der Waals surface area contributed by atoms with Crippen LogP contribution < -0.4 is 20.8 Å². The highest BCUT2D eigenvalue weighted by Gasteiger charge is 2.27. The van der Waals surface area contributed by atoms with Crippen LogP contribution in [0.1, 0.15) is 27.6 Å². The monoisotopic (exact) mass is 592 g/mol. The molecule has 0 bridgehead atoms. The summed E-state index contributed by atoms with van der Waals surface area (Å²) in [6.07, 6.45) is 2.64. The molecule has 3 heterocycles. The normalized spacial score (nSPS) is 14.2. The Bertz CT molecular complexity index is 1350. The maximum absolute atomic E-state index is 12.6.